The van der Waals surface area contributed by atoms with Crippen LogP contribution in [0, 0.1) is 0 Å². The number of hydrogen-bond donors (Lipinski definition) is 0. The molecule has 7 nitrogen and oxygen atoms in total. The van der Waals surface area contributed by atoms with Crippen LogP contribution in [0.2, 0.25) is 0 Å². The third-order valence-corrected chi connectivity index (χ3v) is 22.1. The summed E-state index contributed by atoms with van der Waals surface area (Å²) in [6, 6.07) is 118. The zero-order valence-electron chi connectivity index (χ0n) is 54.8. The van der Waals surface area contributed by atoms with E-state index in [2.05, 4.69) is 322 Å². The zero-order chi connectivity index (χ0) is 66.8. The molecular weight excluding hydrogens is 1240 g/mol. The minimum absolute atomic E-state index is 0.514. The van der Waals surface area contributed by atoms with Gasteiger partial charge < -0.3 is 9.47 Å². The summed E-state index contributed by atoms with van der Waals surface area (Å²) in [6.45, 7) is 0. The monoisotopic (exact) mass is 1300 g/mol. The number of benzene rings is 15. The zero-order valence-corrected chi connectivity index (χ0v) is 54.8. The first-order chi connectivity index (χ1) is 50.5. The molecule has 0 atom stereocenters. The lowest BCUT2D eigenvalue weighted by atomic mass is 9.65. The number of para-hydroxylation sites is 3. The molecular formula is C95H55N5O2. The SMILES string of the molecule is c1ccc(-c2cccc3nc(-c4cc(-c5cccc(-c6nc(-c7ccc(-c8ccc9c(c8)-c8cccc%10cccc-9c8%10)cc7)nc(-c7ccc8c(c7)C7(c9ccccc9O8)c8ccccc8-c8ccccc87)n6)c5)c5c(c4)C4(c6ccccc6O5)c5ccccc5-c5ccccc54)cnc23)cc1. The van der Waals surface area contributed by atoms with Crippen LogP contribution in [0.15, 0.2) is 334 Å². The second-order valence-corrected chi connectivity index (χ2v) is 27.2. The van der Waals surface area contributed by atoms with Gasteiger partial charge in [-0.05, 0) is 160 Å². The lowest BCUT2D eigenvalue weighted by molar-refractivity contribution is 0.436. The molecule has 0 saturated carbocycles. The minimum Gasteiger partial charge on any atom is -0.457 e. The Morgan fingerprint density at radius 3 is 1.36 bits per heavy atom. The van der Waals surface area contributed by atoms with Crippen molar-refractivity contribution in [3.8, 4) is 146 Å². The van der Waals surface area contributed by atoms with Crippen molar-refractivity contribution in [3.63, 3.8) is 0 Å². The molecule has 5 aliphatic rings. The number of nitrogens with zero attached hydrogens (tertiary/aromatic N) is 5. The van der Waals surface area contributed by atoms with Crippen LogP contribution in [-0.2, 0) is 10.8 Å². The highest BCUT2D eigenvalue weighted by molar-refractivity contribution is 6.15. The number of fused-ring (bicyclic) bond motifs is 22. The molecule has 17 aromatic rings. The Hall–Kier alpha value is -13.5. The van der Waals surface area contributed by atoms with Crippen LogP contribution in [0.3, 0.4) is 0 Å². The second-order valence-electron chi connectivity index (χ2n) is 27.2. The third-order valence-electron chi connectivity index (χ3n) is 22.1. The van der Waals surface area contributed by atoms with Crippen molar-refractivity contribution >= 4 is 21.8 Å². The fourth-order valence-electron chi connectivity index (χ4n) is 17.7. The molecule has 15 aromatic carbocycles. The predicted octanol–water partition coefficient (Wildman–Crippen LogP) is 23.2. The number of aromatic nitrogens is 5. The highest BCUT2D eigenvalue weighted by Gasteiger charge is 2.53. The summed E-state index contributed by atoms with van der Waals surface area (Å²) in [6.07, 6.45) is 1.93. The molecule has 2 aliphatic heterocycles. The van der Waals surface area contributed by atoms with Crippen LogP contribution in [0.1, 0.15) is 44.5 Å². The molecule has 0 bridgehead atoms. The van der Waals surface area contributed by atoms with E-state index in [9.17, 15) is 0 Å². The highest BCUT2D eigenvalue weighted by Crippen LogP contribution is 2.65. The van der Waals surface area contributed by atoms with Crippen LogP contribution >= 0.6 is 0 Å². The molecule has 4 heterocycles. The standard InChI is InChI=1S/C95H55N5O2/c1-2-20-57(21-3-1)65-30-19-39-83-89(65)96-55-84(97-83)64-52-73(90-82(54-64)95(80-38-13-15-41-86(80)102-90)77-35-10-6-28-69(77)70-29-7-11-36-78(70)95)61-24-16-25-62(50-61)92-98-91(59-44-42-56(43-45-59)60-46-48-66-71-31-17-22-58-23-18-32-72(88(58)71)74(66)51-60)99-93(100-92)63-47-49-87-81(53-63)94(79-37-12-14-40-85(79)101-87)75-33-8-4-26-67(75)68-27-5-9-34-76(68)94/h1-55H. The molecule has 0 fully saturated rings. The lowest BCUT2D eigenvalue weighted by Gasteiger charge is -2.40. The largest absolute Gasteiger partial charge is 0.457 e. The van der Waals surface area contributed by atoms with Gasteiger partial charge in [0.1, 0.15) is 23.0 Å². The van der Waals surface area contributed by atoms with Gasteiger partial charge in [-0.3, -0.25) is 4.98 Å². The summed E-state index contributed by atoms with van der Waals surface area (Å²) in [4.78, 5) is 27.4. The summed E-state index contributed by atoms with van der Waals surface area (Å²) in [5.41, 5.74) is 29.2. The van der Waals surface area contributed by atoms with Crippen LogP contribution < -0.4 is 9.47 Å². The first kappa shape index (κ1) is 56.5. The molecule has 102 heavy (non-hydrogen) atoms. The quantitative estimate of drug-likeness (QED) is 0.157. The molecule has 0 unspecified atom stereocenters. The fraction of sp³-hybridized carbons (Fsp3) is 0.0211. The van der Waals surface area contributed by atoms with Gasteiger partial charge in [-0.2, -0.15) is 0 Å². The maximum Gasteiger partial charge on any atom is 0.164 e. The topological polar surface area (TPSA) is 82.9 Å². The first-order valence-electron chi connectivity index (χ1n) is 34.8. The van der Waals surface area contributed by atoms with Crippen molar-refractivity contribution < 1.29 is 9.47 Å². The van der Waals surface area contributed by atoms with Crippen LogP contribution in [-0.4, -0.2) is 24.9 Å². The van der Waals surface area contributed by atoms with Crippen molar-refractivity contribution in [1.82, 2.24) is 24.9 Å². The third kappa shape index (κ3) is 7.98. The fourth-order valence-corrected chi connectivity index (χ4v) is 17.7. The normalized spacial score (nSPS) is 13.6. The Morgan fingerprint density at radius 2 is 0.696 bits per heavy atom. The Kier molecular flexibility index (Phi) is 11.9. The van der Waals surface area contributed by atoms with E-state index in [0.717, 1.165) is 118 Å². The molecule has 0 saturated heterocycles. The van der Waals surface area contributed by atoms with Gasteiger partial charge in [0.05, 0.1) is 33.8 Å². The molecule has 3 aliphatic carbocycles. The Balaban J connectivity index is 0.743. The molecule has 2 aromatic heterocycles. The smallest absolute Gasteiger partial charge is 0.164 e. The molecule has 22 rings (SSSR count). The Labute approximate surface area is 588 Å². The van der Waals surface area contributed by atoms with Crippen molar-refractivity contribution in [1.29, 1.82) is 0 Å². The van der Waals surface area contributed by atoms with Crippen molar-refractivity contribution in [2.24, 2.45) is 0 Å². The maximum atomic E-state index is 7.46. The van der Waals surface area contributed by atoms with Crippen LogP contribution in [0.4, 0.5) is 0 Å². The van der Waals surface area contributed by atoms with Gasteiger partial charge in [-0.15, -0.1) is 0 Å². The van der Waals surface area contributed by atoms with Gasteiger partial charge in [0.2, 0.25) is 0 Å². The van der Waals surface area contributed by atoms with E-state index in [1.165, 1.54) is 77.5 Å². The molecule has 0 N–H and O–H groups in total. The summed E-state index contributed by atoms with van der Waals surface area (Å²) in [5, 5.41) is 2.57. The van der Waals surface area contributed by atoms with Gasteiger partial charge in [-0.25, -0.2) is 19.9 Å². The van der Waals surface area contributed by atoms with Gasteiger partial charge >= 0.3 is 0 Å². The molecule has 7 heteroatoms. The average Bonchev–Trinajstić information content (AvgIpc) is 1.50. The minimum atomic E-state index is -0.775. The molecule has 2 spiro atoms. The number of rotatable bonds is 7. The number of hydrogen-bond acceptors (Lipinski definition) is 7. The summed E-state index contributed by atoms with van der Waals surface area (Å²) >= 11 is 0. The van der Waals surface area contributed by atoms with E-state index in [0.29, 0.717) is 17.5 Å². The van der Waals surface area contributed by atoms with Crippen molar-refractivity contribution in [2.75, 3.05) is 0 Å². The van der Waals surface area contributed by atoms with E-state index < -0.39 is 10.8 Å². The Morgan fingerprint density at radius 1 is 0.235 bits per heavy atom. The van der Waals surface area contributed by atoms with E-state index >= 15 is 0 Å². The van der Waals surface area contributed by atoms with Gasteiger partial charge in [0, 0.05) is 55.6 Å². The van der Waals surface area contributed by atoms with Crippen LogP contribution in [0.25, 0.3) is 145 Å². The van der Waals surface area contributed by atoms with Gasteiger partial charge in [0.15, 0.2) is 17.5 Å². The summed E-state index contributed by atoms with van der Waals surface area (Å²) in [5.74, 6) is 4.74. The second kappa shape index (κ2) is 21.5. The van der Waals surface area contributed by atoms with E-state index in [4.69, 9.17) is 34.4 Å². The van der Waals surface area contributed by atoms with Crippen molar-refractivity contribution in [3.05, 3.63) is 378 Å². The van der Waals surface area contributed by atoms with E-state index in [-0.39, 0.29) is 0 Å². The maximum absolute atomic E-state index is 7.46. The predicted molar refractivity (Wildman–Crippen MR) is 408 cm³/mol. The average molecular weight is 1300 g/mol. The van der Waals surface area contributed by atoms with Gasteiger partial charge in [0.25, 0.3) is 0 Å². The molecule has 472 valence electrons. The highest BCUT2D eigenvalue weighted by atomic mass is 16.5. The van der Waals surface area contributed by atoms with E-state index in [1.54, 1.807) is 0 Å². The summed E-state index contributed by atoms with van der Waals surface area (Å²) in [7, 11) is 0. The summed E-state index contributed by atoms with van der Waals surface area (Å²) < 4.78 is 14.4. The van der Waals surface area contributed by atoms with Gasteiger partial charge in [-0.1, -0.05) is 267 Å². The van der Waals surface area contributed by atoms with Crippen molar-refractivity contribution in [2.45, 2.75) is 10.8 Å². The number of ether oxygens (including phenoxy) is 2. The van der Waals surface area contributed by atoms with Crippen LogP contribution in [0.5, 0.6) is 23.0 Å². The molecule has 0 radical (unpaired) electrons. The first-order valence-corrected chi connectivity index (χ1v) is 34.8. The lowest BCUT2D eigenvalue weighted by Crippen LogP contribution is -2.32. The van der Waals surface area contributed by atoms with E-state index in [1.807, 2.05) is 12.3 Å². The Bertz CT molecular complexity index is 6380. The molecule has 0 amide bonds.